The highest BCUT2D eigenvalue weighted by molar-refractivity contribution is 7.89. The topological polar surface area (TPSA) is 106 Å². The van der Waals surface area contributed by atoms with Gasteiger partial charge in [0.05, 0.1) is 5.75 Å². The van der Waals surface area contributed by atoms with E-state index >= 15 is 0 Å². The minimum Gasteiger partial charge on any atom is -0.373 e. The van der Waals surface area contributed by atoms with E-state index in [9.17, 15) is 13.2 Å². The Balaban J connectivity index is 0.00000256. The minimum absolute atomic E-state index is 0. The normalized spacial score (nSPS) is 31.2. The van der Waals surface area contributed by atoms with Crippen LogP contribution in [0.3, 0.4) is 0 Å². The van der Waals surface area contributed by atoms with Crippen LogP contribution in [0.1, 0.15) is 41.7 Å². The van der Waals surface area contributed by atoms with Crippen LogP contribution in [0.4, 0.5) is 0 Å². The van der Waals surface area contributed by atoms with Crippen LogP contribution in [0.5, 0.6) is 0 Å². The van der Waals surface area contributed by atoms with Crippen molar-refractivity contribution in [3.63, 3.8) is 0 Å². The van der Waals surface area contributed by atoms with E-state index in [1.54, 1.807) is 23.7 Å². The molecule has 0 unspecified atom stereocenters. The number of fused-ring (bicyclic) bond motifs is 2. The van der Waals surface area contributed by atoms with E-state index in [0.717, 1.165) is 50.9 Å². The van der Waals surface area contributed by atoms with Gasteiger partial charge in [0, 0.05) is 57.9 Å². The van der Waals surface area contributed by atoms with Crippen molar-refractivity contribution in [1.82, 2.24) is 14.2 Å². The zero-order chi connectivity index (χ0) is 20.6. The first-order valence-electron chi connectivity index (χ1n) is 10.4. The lowest BCUT2D eigenvalue weighted by Crippen LogP contribution is -2.59. The first-order valence-corrected chi connectivity index (χ1v) is 12.0. The highest BCUT2D eigenvalue weighted by Crippen LogP contribution is 2.51. The second kappa shape index (κ2) is 9.08. The molecule has 168 valence electrons. The Morgan fingerprint density at radius 3 is 2.53 bits per heavy atom. The first kappa shape index (κ1) is 23.4. The molecule has 1 aliphatic carbocycles. The lowest BCUT2D eigenvalue weighted by molar-refractivity contribution is -0.169. The summed E-state index contributed by atoms with van der Waals surface area (Å²) in [6, 6.07) is 3.72. The first-order chi connectivity index (χ1) is 13.9. The zero-order valence-corrected chi connectivity index (χ0v) is 19.0. The van der Waals surface area contributed by atoms with E-state index in [1.807, 2.05) is 6.07 Å². The number of likely N-dealkylation sites (tertiary alicyclic amines) is 1. The summed E-state index contributed by atoms with van der Waals surface area (Å²) in [4.78, 5) is 18.1. The molecule has 0 aromatic carbocycles. The van der Waals surface area contributed by atoms with Gasteiger partial charge in [0.15, 0.2) is 0 Å². The molecule has 1 amide bonds. The Bertz CT molecular complexity index is 867. The van der Waals surface area contributed by atoms with Gasteiger partial charge in [-0.3, -0.25) is 9.78 Å². The molecule has 0 radical (unpaired) electrons. The van der Waals surface area contributed by atoms with Crippen LogP contribution in [0.25, 0.3) is 0 Å². The fraction of sp³-hybridized carbons (Fsp3) is 0.700. The average Bonchev–Trinajstić information content (AvgIpc) is 3.03. The number of pyridine rings is 1. The number of ether oxygens (including phenoxy) is 1. The van der Waals surface area contributed by atoms with Crippen molar-refractivity contribution in [1.29, 1.82) is 0 Å². The number of piperidine rings is 1. The van der Waals surface area contributed by atoms with Gasteiger partial charge in [-0.15, -0.1) is 12.4 Å². The largest absolute Gasteiger partial charge is 0.373 e. The van der Waals surface area contributed by atoms with Crippen molar-refractivity contribution in [3.05, 3.63) is 29.6 Å². The molecule has 3 heterocycles. The number of hydrogen-bond acceptors (Lipinski definition) is 6. The number of nitrogens with two attached hydrogens (primary N) is 1. The molecule has 1 aromatic heterocycles. The molecular formula is C20H31ClN4O4S. The lowest BCUT2D eigenvalue weighted by Gasteiger charge is -2.55. The van der Waals surface area contributed by atoms with Crippen LogP contribution in [0.2, 0.25) is 0 Å². The molecule has 1 saturated carbocycles. The van der Waals surface area contributed by atoms with Gasteiger partial charge < -0.3 is 15.4 Å². The van der Waals surface area contributed by atoms with Crippen molar-refractivity contribution in [2.45, 2.75) is 31.3 Å². The summed E-state index contributed by atoms with van der Waals surface area (Å²) in [6.07, 6.45) is 5.60. The maximum absolute atomic E-state index is 12.1. The van der Waals surface area contributed by atoms with Crippen molar-refractivity contribution in [3.8, 4) is 0 Å². The van der Waals surface area contributed by atoms with E-state index in [-0.39, 0.29) is 35.7 Å². The smallest absolute Gasteiger partial charge is 0.267 e. The van der Waals surface area contributed by atoms with Gasteiger partial charge in [-0.25, -0.2) is 12.7 Å². The molecule has 3 aliphatic rings. The molecule has 2 N–H and O–H groups in total. The SMILES string of the molecule is CO[C@]1(c2ccnc(C(N)=O)c2)[C@@H]2CCC[C@H]1CN(CCN1CCCS1(=O)=O)C2.Cl. The van der Waals surface area contributed by atoms with E-state index < -0.39 is 21.5 Å². The average molecular weight is 459 g/mol. The number of aromatic nitrogens is 1. The molecule has 2 saturated heterocycles. The van der Waals surface area contributed by atoms with Gasteiger partial charge in [0.1, 0.15) is 11.3 Å². The number of carbonyl (C=O) groups is 1. The van der Waals surface area contributed by atoms with Gasteiger partial charge in [-0.1, -0.05) is 6.42 Å². The Kier molecular flexibility index (Phi) is 7.08. The van der Waals surface area contributed by atoms with Gasteiger partial charge in [-0.05, 0) is 37.0 Å². The van der Waals surface area contributed by atoms with Crippen molar-refractivity contribution in [2.75, 3.05) is 45.6 Å². The number of sulfonamides is 1. The third-order valence-electron chi connectivity index (χ3n) is 6.95. The highest BCUT2D eigenvalue weighted by atomic mass is 35.5. The second-order valence-electron chi connectivity index (χ2n) is 8.44. The van der Waals surface area contributed by atoms with Gasteiger partial charge in [-0.2, -0.15) is 0 Å². The zero-order valence-electron chi connectivity index (χ0n) is 17.3. The molecule has 1 aromatic rings. The fourth-order valence-electron chi connectivity index (χ4n) is 5.63. The van der Waals surface area contributed by atoms with Crippen LogP contribution in [0.15, 0.2) is 18.3 Å². The van der Waals surface area contributed by atoms with E-state index in [2.05, 4.69) is 9.88 Å². The number of rotatable bonds is 6. The van der Waals surface area contributed by atoms with Crippen LogP contribution < -0.4 is 5.73 Å². The van der Waals surface area contributed by atoms with Crippen LogP contribution in [-0.2, 0) is 20.4 Å². The Morgan fingerprint density at radius 2 is 1.97 bits per heavy atom. The Morgan fingerprint density at radius 1 is 1.27 bits per heavy atom. The maximum Gasteiger partial charge on any atom is 0.267 e. The second-order valence-corrected chi connectivity index (χ2v) is 10.5. The summed E-state index contributed by atoms with van der Waals surface area (Å²) in [6.45, 7) is 3.65. The van der Waals surface area contributed by atoms with E-state index in [1.165, 1.54) is 0 Å². The van der Waals surface area contributed by atoms with E-state index in [0.29, 0.717) is 13.1 Å². The van der Waals surface area contributed by atoms with Crippen molar-refractivity contribution < 1.29 is 17.9 Å². The summed E-state index contributed by atoms with van der Waals surface area (Å²) in [5.41, 5.74) is 6.23. The quantitative estimate of drug-likeness (QED) is 0.686. The molecular weight excluding hydrogens is 428 g/mol. The predicted molar refractivity (Wildman–Crippen MR) is 116 cm³/mol. The number of amides is 1. The number of methoxy groups -OCH3 is 1. The molecule has 30 heavy (non-hydrogen) atoms. The lowest BCUT2D eigenvalue weighted by atomic mass is 9.62. The predicted octanol–water partition coefficient (Wildman–Crippen LogP) is 1.21. The third kappa shape index (κ3) is 4.10. The monoisotopic (exact) mass is 458 g/mol. The van der Waals surface area contributed by atoms with Gasteiger partial charge >= 0.3 is 0 Å². The summed E-state index contributed by atoms with van der Waals surface area (Å²) < 4.78 is 32.0. The molecule has 10 heteroatoms. The molecule has 2 aliphatic heterocycles. The third-order valence-corrected chi connectivity index (χ3v) is 8.90. The minimum atomic E-state index is -3.06. The summed E-state index contributed by atoms with van der Waals surface area (Å²) in [5.74, 6) is 0.291. The van der Waals surface area contributed by atoms with Crippen molar-refractivity contribution >= 4 is 28.3 Å². The Hall–Kier alpha value is -1.26. The summed E-state index contributed by atoms with van der Waals surface area (Å²) in [7, 11) is -1.31. The van der Waals surface area contributed by atoms with Crippen LogP contribution >= 0.6 is 12.4 Å². The molecule has 3 fully saturated rings. The molecule has 8 nitrogen and oxygen atoms in total. The Labute approximate surface area is 184 Å². The highest BCUT2D eigenvalue weighted by Gasteiger charge is 2.53. The summed E-state index contributed by atoms with van der Waals surface area (Å²) in [5, 5.41) is 0. The molecule has 0 spiro atoms. The maximum atomic E-state index is 12.1. The van der Waals surface area contributed by atoms with Gasteiger partial charge in [0.2, 0.25) is 10.0 Å². The van der Waals surface area contributed by atoms with Crippen LogP contribution in [0, 0.1) is 11.8 Å². The number of carbonyl (C=O) groups excluding carboxylic acids is 1. The fourth-order valence-corrected chi connectivity index (χ4v) is 7.15. The number of primary amides is 1. The molecule has 2 bridgehead atoms. The van der Waals surface area contributed by atoms with Crippen LogP contribution in [-0.4, -0.2) is 74.1 Å². The molecule has 4 rings (SSSR count). The summed E-state index contributed by atoms with van der Waals surface area (Å²) >= 11 is 0. The number of halogens is 1. The number of nitrogens with zero attached hydrogens (tertiary/aromatic N) is 3. The van der Waals surface area contributed by atoms with Crippen molar-refractivity contribution in [2.24, 2.45) is 17.6 Å². The van der Waals surface area contributed by atoms with E-state index in [4.69, 9.17) is 10.5 Å². The van der Waals surface area contributed by atoms with Gasteiger partial charge in [0.25, 0.3) is 5.91 Å². The molecule has 3 atom stereocenters. The number of hydrogen-bond donors (Lipinski definition) is 1. The standard InChI is InChI=1S/C20H30N4O4S.ClH/c1-28-20(15-6-7-22-18(12-15)19(21)25)16-4-2-5-17(20)14-23(13-16)9-10-24-8-3-11-29(24,26)27;/h6-7,12,16-17H,2-5,8-11,13-14H2,1H3,(H2,21,25);1H/t16-,17+,20-;.